The Labute approximate surface area is 132 Å². The van der Waals surface area contributed by atoms with Gasteiger partial charge >= 0.3 is 0 Å². The summed E-state index contributed by atoms with van der Waals surface area (Å²) in [5, 5.41) is 5.20. The van der Waals surface area contributed by atoms with Crippen molar-refractivity contribution in [2.75, 3.05) is 20.2 Å². The van der Waals surface area contributed by atoms with Gasteiger partial charge in [0.25, 0.3) is 0 Å². The molecule has 0 saturated carbocycles. The molecule has 0 saturated heterocycles. The predicted octanol–water partition coefficient (Wildman–Crippen LogP) is 3.73. The number of benzene rings is 1. The van der Waals surface area contributed by atoms with E-state index in [2.05, 4.69) is 43.2 Å². The van der Waals surface area contributed by atoms with Gasteiger partial charge in [-0.3, -0.25) is 4.99 Å². The molecule has 0 bridgehead atoms. The molecule has 3 nitrogen and oxygen atoms in total. The van der Waals surface area contributed by atoms with E-state index >= 15 is 0 Å². The maximum atomic E-state index is 5.17. The molecule has 0 radical (unpaired) electrons. The Bertz CT molecular complexity index is 477. The number of aliphatic imine (C=N–C) groups is 1. The van der Waals surface area contributed by atoms with Gasteiger partial charge in [0, 0.05) is 11.8 Å². The van der Waals surface area contributed by atoms with Crippen molar-refractivity contribution in [3.05, 3.63) is 29.8 Å². The molecule has 0 spiro atoms. The van der Waals surface area contributed by atoms with Crippen LogP contribution < -0.4 is 10.1 Å². The van der Waals surface area contributed by atoms with Crippen LogP contribution in [0.4, 0.5) is 0 Å². The lowest BCUT2D eigenvalue weighted by Gasteiger charge is -2.21. The van der Waals surface area contributed by atoms with E-state index in [-0.39, 0.29) is 0 Å². The van der Waals surface area contributed by atoms with Gasteiger partial charge in [-0.1, -0.05) is 44.7 Å². The second-order valence-electron chi connectivity index (χ2n) is 6.68. The Kier molecular flexibility index (Phi) is 5.57. The minimum Gasteiger partial charge on any atom is -0.497 e. The molecule has 0 amide bonds. The summed E-state index contributed by atoms with van der Waals surface area (Å²) in [5.74, 6) is 0.910. The summed E-state index contributed by atoms with van der Waals surface area (Å²) in [6.07, 6.45) is 2.22. The van der Waals surface area contributed by atoms with Gasteiger partial charge in [0.15, 0.2) is 5.17 Å². The summed E-state index contributed by atoms with van der Waals surface area (Å²) in [4.78, 5) is 4.61. The number of thioether (sulfide) groups is 1. The summed E-state index contributed by atoms with van der Waals surface area (Å²) in [5.41, 5.74) is 1.70. The second kappa shape index (κ2) is 7.21. The maximum absolute atomic E-state index is 5.17. The molecule has 1 aliphatic rings. The van der Waals surface area contributed by atoms with Crippen LogP contribution in [0.3, 0.4) is 0 Å². The molecule has 0 fully saturated rings. The maximum Gasteiger partial charge on any atom is 0.156 e. The van der Waals surface area contributed by atoms with E-state index < -0.39 is 0 Å². The van der Waals surface area contributed by atoms with Crippen molar-refractivity contribution in [1.29, 1.82) is 0 Å². The quantitative estimate of drug-likeness (QED) is 0.900. The van der Waals surface area contributed by atoms with Gasteiger partial charge in [-0.05, 0) is 36.0 Å². The molecule has 0 aliphatic carbocycles. The SMILES string of the molecule is COc1ccc(CCNC2=NCC(CC(C)(C)C)S2)cc1. The van der Waals surface area contributed by atoms with Gasteiger partial charge in [-0.15, -0.1) is 0 Å². The smallest absolute Gasteiger partial charge is 0.156 e. The number of ether oxygens (including phenoxy) is 1. The van der Waals surface area contributed by atoms with Crippen LogP contribution in [0.15, 0.2) is 29.3 Å². The van der Waals surface area contributed by atoms with Crippen LogP contribution in [0.1, 0.15) is 32.8 Å². The molecule has 116 valence electrons. The zero-order valence-electron chi connectivity index (χ0n) is 13.5. The van der Waals surface area contributed by atoms with Crippen molar-refractivity contribution in [2.45, 2.75) is 38.9 Å². The molecule has 1 aliphatic heterocycles. The Morgan fingerprint density at radius 2 is 2.00 bits per heavy atom. The van der Waals surface area contributed by atoms with Gasteiger partial charge in [0.1, 0.15) is 5.75 Å². The number of amidine groups is 1. The number of nitrogens with one attached hydrogen (secondary N) is 1. The number of methoxy groups -OCH3 is 1. The zero-order valence-corrected chi connectivity index (χ0v) is 14.3. The number of hydrogen-bond acceptors (Lipinski definition) is 4. The Balaban J connectivity index is 1.69. The molecule has 21 heavy (non-hydrogen) atoms. The third-order valence-electron chi connectivity index (χ3n) is 3.41. The van der Waals surface area contributed by atoms with Crippen LogP contribution in [-0.4, -0.2) is 30.6 Å². The third kappa shape index (κ3) is 5.62. The summed E-state index contributed by atoms with van der Waals surface area (Å²) in [6.45, 7) is 8.77. The van der Waals surface area contributed by atoms with E-state index in [1.807, 2.05) is 23.9 Å². The lowest BCUT2D eigenvalue weighted by molar-refractivity contribution is 0.375. The first-order chi connectivity index (χ1) is 9.96. The minimum atomic E-state index is 0.381. The number of hydrogen-bond donors (Lipinski definition) is 1. The Morgan fingerprint density at radius 3 is 2.62 bits per heavy atom. The first-order valence-corrected chi connectivity index (χ1v) is 8.42. The van der Waals surface area contributed by atoms with E-state index in [0.717, 1.165) is 30.4 Å². The molecular formula is C17H26N2OS. The Hall–Kier alpha value is -1.16. The van der Waals surface area contributed by atoms with E-state index in [4.69, 9.17) is 4.74 Å². The van der Waals surface area contributed by atoms with Crippen molar-refractivity contribution in [3.63, 3.8) is 0 Å². The van der Waals surface area contributed by atoms with Crippen molar-refractivity contribution in [2.24, 2.45) is 10.4 Å². The molecule has 1 aromatic carbocycles. The average Bonchev–Trinajstić information content (AvgIpc) is 2.85. The fraction of sp³-hybridized carbons (Fsp3) is 0.588. The highest BCUT2D eigenvalue weighted by Gasteiger charge is 2.24. The van der Waals surface area contributed by atoms with Gasteiger partial charge < -0.3 is 10.1 Å². The molecule has 1 aromatic rings. The molecule has 1 N–H and O–H groups in total. The molecular weight excluding hydrogens is 280 g/mol. The molecule has 1 unspecified atom stereocenters. The van der Waals surface area contributed by atoms with Gasteiger partial charge in [-0.25, -0.2) is 0 Å². The van der Waals surface area contributed by atoms with E-state index in [9.17, 15) is 0 Å². The van der Waals surface area contributed by atoms with E-state index in [1.54, 1.807) is 7.11 Å². The summed E-state index contributed by atoms with van der Waals surface area (Å²) in [6, 6.07) is 8.26. The standard InChI is InChI=1S/C17H26N2OS/c1-17(2,3)11-15-12-19-16(21-15)18-10-9-13-5-7-14(20-4)8-6-13/h5-8,15H,9-12H2,1-4H3,(H,18,19). The summed E-state index contributed by atoms with van der Waals surface area (Å²) < 4.78 is 5.17. The predicted molar refractivity (Wildman–Crippen MR) is 92.5 cm³/mol. The largest absolute Gasteiger partial charge is 0.497 e. The fourth-order valence-electron chi connectivity index (χ4n) is 2.41. The van der Waals surface area contributed by atoms with Crippen LogP contribution in [0.5, 0.6) is 5.75 Å². The molecule has 1 heterocycles. The lowest BCUT2D eigenvalue weighted by Crippen LogP contribution is -2.23. The van der Waals surface area contributed by atoms with Gasteiger partial charge in [0.05, 0.1) is 13.7 Å². The third-order valence-corrected chi connectivity index (χ3v) is 4.55. The fourth-order valence-corrected chi connectivity index (χ4v) is 3.79. The average molecular weight is 306 g/mol. The monoisotopic (exact) mass is 306 g/mol. The summed E-state index contributed by atoms with van der Waals surface area (Å²) >= 11 is 1.90. The van der Waals surface area contributed by atoms with Crippen LogP contribution in [0.25, 0.3) is 0 Å². The molecule has 1 atom stereocenters. The highest BCUT2D eigenvalue weighted by molar-refractivity contribution is 8.14. The normalized spacial score (nSPS) is 18.5. The first-order valence-electron chi connectivity index (χ1n) is 7.54. The van der Waals surface area contributed by atoms with Crippen molar-refractivity contribution in [1.82, 2.24) is 5.32 Å². The van der Waals surface area contributed by atoms with Crippen LogP contribution in [0.2, 0.25) is 0 Å². The summed E-state index contributed by atoms with van der Waals surface area (Å²) in [7, 11) is 1.69. The van der Waals surface area contributed by atoms with E-state index in [0.29, 0.717) is 10.7 Å². The molecule has 0 aromatic heterocycles. The lowest BCUT2D eigenvalue weighted by atomic mass is 9.90. The first kappa shape index (κ1) is 16.2. The van der Waals surface area contributed by atoms with Crippen LogP contribution >= 0.6 is 11.8 Å². The second-order valence-corrected chi connectivity index (χ2v) is 7.96. The van der Waals surface area contributed by atoms with Gasteiger partial charge in [-0.2, -0.15) is 0 Å². The van der Waals surface area contributed by atoms with Crippen molar-refractivity contribution in [3.8, 4) is 5.75 Å². The van der Waals surface area contributed by atoms with Crippen LogP contribution in [0, 0.1) is 5.41 Å². The van der Waals surface area contributed by atoms with Crippen molar-refractivity contribution >= 4 is 16.9 Å². The minimum absolute atomic E-state index is 0.381. The number of nitrogens with zero attached hydrogens (tertiary/aromatic N) is 1. The van der Waals surface area contributed by atoms with Crippen molar-refractivity contribution < 1.29 is 4.74 Å². The molecule has 2 rings (SSSR count). The highest BCUT2D eigenvalue weighted by atomic mass is 32.2. The van der Waals surface area contributed by atoms with Gasteiger partial charge in [0.2, 0.25) is 0 Å². The topological polar surface area (TPSA) is 33.6 Å². The molecule has 4 heteroatoms. The Morgan fingerprint density at radius 1 is 1.29 bits per heavy atom. The zero-order chi connectivity index (χ0) is 15.3. The number of rotatable bonds is 5. The van der Waals surface area contributed by atoms with E-state index in [1.165, 1.54) is 12.0 Å². The highest BCUT2D eigenvalue weighted by Crippen LogP contribution is 2.31. The van der Waals surface area contributed by atoms with Crippen LogP contribution in [-0.2, 0) is 6.42 Å².